The molecule has 2 heterocycles. The van der Waals surface area contributed by atoms with Crippen molar-refractivity contribution >= 4 is 49.9 Å². The molecule has 5 heteroatoms. The molecule has 4 aromatic carbocycles. The van der Waals surface area contributed by atoms with E-state index in [4.69, 9.17) is 6.35 Å². The van der Waals surface area contributed by atoms with Crippen LogP contribution in [0.1, 0.15) is 121 Å². The Bertz CT molecular complexity index is 2200. The molecule has 1 radical (unpaired) electrons. The van der Waals surface area contributed by atoms with Gasteiger partial charge in [0.1, 0.15) is 5.76 Å². The number of hydrogen-bond donors (Lipinski definition) is 1. The van der Waals surface area contributed by atoms with Gasteiger partial charge >= 0.3 is 0 Å². The Labute approximate surface area is 338 Å². The van der Waals surface area contributed by atoms with Gasteiger partial charge in [0, 0.05) is 53.8 Å². The maximum absolute atomic E-state index is 12.2. The zero-order valence-electron chi connectivity index (χ0n) is 35.1. The van der Waals surface area contributed by atoms with Gasteiger partial charge in [0.05, 0.1) is 1.37 Å². The number of nitrogens with zero attached hydrogens (tertiary/aromatic N) is 1. The third kappa shape index (κ3) is 8.95. The van der Waals surface area contributed by atoms with Gasteiger partial charge in [-0.3, -0.25) is 9.78 Å². The molecular weight excluding hydrogens is 847 g/mol. The third-order valence-corrected chi connectivity index (χ3v) is 12.6. The molecule has 0 unspecified atom stereocenters. The molecule has 1 aliphatic rings. The average Bonchev–Trinajstić information content (AvgIpc) is 3.10. The molecular formula is C48H60IrNO2S-. The van der Waals surface area contributed by atoms with E-state index in [2.05, 4.69) is 96.1 Å². The number of carbonyl (C=O) groups excluding carboxylic acids is 1. The van der Waals surface area contributed by atoms with E-state index in [1.165, 1.54) is 43.2 Å². The van der Waals surface area contributed by atoms with Crippen molar-refractivity contribution < 1.29 is 31.4 Å². The standard InChI is InChI=1S/C33H32NS.C15H28O2.Ir/c1-32(2,3)18-21-11-9-13-23-24-14-15-34-30-26-16-20-10-7-8-12-22(20)27(19-33(4,5)6)31(26)35-28(29(24)30)17-25(21)23;1-7-14(5,8-2)12(16)11-13(17)15(6,9-3)10-4;/h7-15,17H,18-19H2,1-6H3;11,16H,7-10H2,1-6H3;/q-1;;/b;12-11-;/i15D;;. The van der Waals surface area contributed by atoms with E-state index in [1.54, 1.807) is 0 Å². The predicted molar refractivity (Wildman–Crippen MR) is 225 cm³/mol. The van der Waals surface area contributed by atoms with Crippen LogP contribution in [0.2, 0.25) is 0 Å². The molecule has 0 atom stereocenters. The molecule has 0 spiro atoms. The minimum atomic E-state index is -0.337. The van der Waals surface area contributed by atoms with Crippen molar-refractivity contribution in [3.63, 3.8) is 0 Å². The molecule has 0 aliphatic carbocycles. The summed E-state index contributed by atoms with van der Waals surface area (Å²) < 4.78 is 8.66. The molecule has 0 saturated carbocycles. The van der Waals surface area contributed by atoms with Crippen LogP contribution in [0.4, 0.5) is 0 Å². The van der Waals surface area contributed by atoms with Crippen LogP contribution in [0, 0.1) is 27.7 Å². The Morgan fingerprint density at radius 2 is 1.40 bits per heavy atom. The van der Waals surface area contributed by atoms with Gasteiger partial charge in [0.15, 0.2) is 5.78 Å². The van der Waals surface area contributed by atoms with Crippen molar-refractivity contribution in [2.24, 2.45) is 21.7 Å². The number of aromatic nitrogens is 1. The first kappa shape index (κ1) is 41.2. The number of benzene rings is 4. The fourth-order valence-corrected chi connectivity index (χ4v) is 8.45. The largest absolute Gasteiger partial charge is 0.512 e. The van der Waals surface area contributed by atoms with Crippen LogP contribution in [0.3, 0.4) is 0 Å². The summed E-state index contributed by atoms with van der Waals surface area (Å²) in [6, 6.07) is 23.3. The van der Waals surface area contributed by atoms with Gasteiger partial charge < -0.3 is 5.11 Å². The maximum Gasteiger partial charge on any atom is 0.164 e. The average molecular weight is 908 g/mol. The van der Waals surface area contributed by atoms with Crippen molar-refractivity contribution in [3.8, 4) is 11.3 Å². The second-order valence-corrected chi connectivity index (χ2v) is 18.8. The Morgan fingerprint density at radius 3 is 2.00 bits per heavy atom. The van der Waals surface area contributed by atoms with Crippen molar-refractivity contribution in [3.05, 3.63) is 89.8 Å². The van der Waals surface area contributed by atoms with Gasteiger partial charge in [-0.15, -0.1) is 29.3 Å². The maximum atomic E-state index is 12.2. The first-order chi connectivity index (χ1) is 24.8. The number of aliphatic hydroxyl groups is 1. The monoisotopic (exact) mass is 908 g/mol. The number of ketones is 1. The van der Waals surface area contributed by atoms with E-state index in [9.17, 15) is 9.90 Å². The second kappa shape index (κ2) is 16.4. The number of carbonyl (C=O) groups is 1. The predicted octanol–water partition coefficient (Wildman–Crippen LogP) is 14.3. The van der Waals surface area contributed by atoms with E-state index in [1.807, 2.05) is 59.4 Å². The molecule has 6 rings (SSSR count). The third-order valence-electron chi connectivity index (χ3n) is 11.4. The summed E-state index contributed by atoms with van der Waals surface area (Å²) in [7, 11) is 0. The Hall–Kier alpha value is -2.98. The summed E-state index contributed by atoms with van der Waals surface area (Å²) >= 11 is 1.87. The Balaban J connectivity index is 0.000000309. The number of hydrogen-bond acceptors (Lipinski definition) is 4. The van der Waals surface area contributed by atoms with Gasteiger partial charge in [-0.25, -0.2) is 0 Å². The smallest absolute Gasteiger partial charge is 0.164 e. The van der Waals surface area contributed by atoms with E-state index < -0.39 is 0 Å². The molecule has 5 aromatic rings. The van der Waals surface area contributed by atoms with E-state index in [-0.39, 0.29) is 53.3 Å². The Morgan fingerprint density at radius 1 is 0.792 bits per heavy atom. The van der Waals surface area contributed by atoms with Crippen LogP contribution < -0.4 is 0 Å². The van der Waals surface area contributed by atoms with Gasteiger partial charge in [0.25, 0.3) is 0 Å². The van der Waals surface area contributed by atoms with Crippen molar-refractivity contribution in [1.82, 2.24) is 4.98 Å². The summed E-state index contributed by atoms with van der Waals surface area (Å²) in [5.41, 5.74) is 4.43. The minimum Gasteiger partial charge on any atom is -0.512 e. The number of fused-ring (bicyclic) bond motifs is 5. The second-order valence-electron chi connectivity index (χ2n) is 17.8. The molecule has 0 saturated heterocycles. The molecule has 3 nitrogen and oxygen atoms in total. The van der Waals surface area contributed by atoms with Gasteiger partial charge in [0.2, 0.25) is 0 Å². The van der Waals surface area contributed by atoms with Crippen molar-refractivity contribution in [1.29, 1.82) is 0 Å². The van der Waals surface area contributed by atoms with Crippen LogP contribution in [-0.2, 0) is 37.7 Å². The topological polar surface area (TPSA) is 50.2 Å². The van der Waals surface area contributed by atoms with E-state index in [0.29, 0.717) is 6.17 Å². The molecule has 1 N–H and O–H groups in total. The number of rotatable bonds is 9. The fraction of sp³-hybridized carbons (Fsp3) is 0.458. The summed E-state index contributed by atoms with van der Waals surface area (Å²) in [6.45, 7) is 25.9. The molecule has 0 fully saturated rings. The summed E-state index contributed by atoms with van der Waals surface area (Å²) in [5.74, 6) is 0.286. The number of allylic oxidation sites excluding steroid dienone is 2. The molecule has 53 heavy (non-hydrogen) atoms. The fourth-order valence-electron chi connectivity index (χ4n) is 7.19. The number of aliphatic hydroxyl groups excluding tert-OH is 1. The van der Waals surface area contributed by atoms with Crippen molar-refractivity contribution in [2.45, 2.75) is 131 Å². The summed E-state index contributed by atoms with van der Waals surface area (Å²) in [4.78, 5) is 19.5. The molecule has 285 valence electrons. The first-order valence-electron chi connectivity index (χ1n) is 19.7. The molecule has 1 aliphatic heterocycles. The van der Waals surface area contributed by atoms with Gasteiger partial charge in [-0.05, 0) is 93.5 Å². The van der Waals surface area contributed by atoms with Crippen LogP contribution in [-0.4, -0.2) is 15.9 Å². The zero-order chi connectivity index (χ0) is 39.1. The SMILES string of the molecule is CCC(C)(CC)C(=O)/C=C(\O)C(C)(CC)CC.[2H]c1cc2c3c(cc4c(CC(C)(C)C)cccc42)Sc2c([c-]c4ccccc4c2CC(C)(C)C)-c3n1.[Ir]. The quantitative estimate of drug-likeness (QED) is 0.0680. The zero-order valence-corrected chi connectivity index (χ0v) is 37.3. The van der Waals surface area contributed by atoms with E-state index in [0.717, 1.165) is 65.9 Å². The summed E-state index contributed by atoms with van der Waals surface area (Å²) in [6.07, 6.45) is 7.05. The minimum absolute atomic E-state index is 0. The van der Waals surface area contributed by atoms with Crippen LogP contribution in [0.15, 0.2) is 82.4 Å². The van der Waals surface area contributed by atoms with Crippen LogP contribution >= 0.6 is 11.8 Å². The molecule has 1 aromatic heterocycles. The van der Waals surface area contributed by atoms with E-state index >= 15 is 0 Å². The molecule has 0 amide bonds. The van der Waals surface area contributed by atoms with Gasteiger partial charge in [-0.1, -0.05) is 136 Å². The normalized spacial score (nSPS) is 13.7. The van der Waals surface area contributed by atoms with Crippen LogP contribution in [0.5, 0.6) is 0 Å². The molecule has 0 bridgehead atoms. The van der Waals surface area contributed by atoms with Crippen LogP contribution in [0.25, 0.3) is 43.6 Å². The Kier molecular flexibility index (Phi) is 12.7. The van der Waals surface area contributed by atoms with Gasteiger partial charge in [-0.2, -0.15) is 0 Å². The number of pyridine rings is 1. The first-order valence-corrected chi connectivity index (χ1v) is 20.1. The van der Waals surface area contributed by atoms with Crippen molar-refractivity contribution in [2.75, 3.05) is 0 Å². The summed E-state index contributed by atoms with van der Waals surface area (Å²) in [5, 5.41) is 17.3.